The predicted molar refractivity (Wildman–Crippen MR) is 133 cm³/mol. The second-order valence-electron chi connectivity index (χ2n) is 8.18. The largest absolute Gasteiger partial charge is 0.466 e. The Bertz CT molecular complexity index is 1370. The van der Waals surface area contributed by atoms with Gasteiger partial charge in [0.05, 0.1) is 17.8 Å². The lowest BCUT2D eigenvalue weighted by atomic mass is 9.63. The minimum Gasteiger partial charge on any atom is -0.466 e. The van der Waals surface area contributed by atoms with Gasteiger partial charge in [0, 0.05) is 38.4 Å². The maximum Gasteiger partial charge on any atom is 0.339 e. The summed E-state index contributed by atoms with van der Waals surface area (Å²) >= 11 is 16.3. The average Bonchev–Trinajstić information content (AvgIpc) is 3.06. The molecule has 0 bridgehead atoms. The minimum atomic E-state index is -1.79. The van der Waals surface area contributed by atoms with Crippen molar-refractivity contribution in [2.45, 2.75) is 24.7 Å². The maximum atomic E-state index is 13.8. The zero-order valence-electron chi connectivity index (χ0n) is 17.9. The second-order valence-corrected chi connectivity index (χ2v) is 9.93. The van der Waals surface area contributed by atoms with Crippen molar-refractivity contribution >= 4 is 68.2 Å². The highest BCUT2D eigenvalue weighted by atomic mass is 79.9. The minimum absolute atomic E-state index is 0.0347. The van der Waals surface area contributed by atoms with Gasteiger partial charge in [0.25, 0.3) is 0 Å². The maximum absolute atomic E-state index is 13.8. The molecule has 1 spiro atoms. The molecule has 7 nitrogen and oxygen atoms in total. The van der Waals surface area contributed by atoms with E-state index in [0.717, 1.165) is 4.47 Å². The van der Waals surface area contributed by atoms with E-state index in [9.17, 15) is 14.4 Å². The monoisotopic (exact) mass is 561 g/mol. The predicted octanol–water partition coefficient (Wildman–Crippen LogP) is 4.82. The van der Waals surface area contributed by atoms with Gasteiger partial charge in [-0.15, -0.1) is 0 Å². The van der Waals surface area contributed by atoms with Crippen LogP contribution in [-0.4, -0.2) is 24.8 Å². The highest BCUT2D eigenvalue weighted by molar-refractivity contribution is 9.10. The molecule has 0 saturated heterocycles. The van der Waals surface area contributed by atoms with E-state index in [1.54, 1.807) is 41.3 Å². The highest BCUT2D eigenvalue weighted by Gasteiger charge is 2.62. The van der Waals surface area contributed by atoms with Crippen molar-refractivity contribution in [3.05, 3.63) is 79.1 Å². The lowest BCUT2D eigenvalue weighted by Gasteiger charge is -2.44. The number of methoxy groups -OCH3 is 1. The van der Waals surface area contributed by atoms with Crippen LogP contribution in [0, 0.1) is 0 Å². The topological polar surface area (TPSA) is 102 Å². The Labute approximate surface area is 213 Å². The number of hydrogen-bond donors (Lipinski definition) is 2. The Kier molecular flexibility index (Phi) is 5.50. The molecular formula is C24H18BrCl2N3O4. The number of fused-ring (bicyclic) bond motifs is 3. The summed E-state index contributed by atoms with van der Waals surface area (Å²) in [6, 6.07) is 10.0. The first-order valence-electron chi connectivity index (χ1n) is 10.4. The van der Waals surface area contributed by atoms with Gasteiger partial charge < -0.3 is 15.8 Å². The van der Waals surface area contributed by atoms with Crippen molar-refractivity contribution in [3.63, 3.8) is 0 Å². The Balaban J connectivity index is 1.93. The summed E-state index contributed by atoms with van der Waals surface area (Å²) in [6.45, 7) is 0. The van der Waals surface area contributed by atoms with Crippen molar-refractivity contribution in [3.8, 4) is 0 Å². The zero-order valence-corrected chi connectivity index (χ0v) is 21.0. The molecule has 34 heavy (non-hydrogen) atoms. The number of esters is 1. The number of carbonyl (C=O) groups is 3. The molecule has 3 N–H and O–H groups in total. The van der Waals surface area contributed by atoms with Gasteiger partial charge in [0.1, 0.15) is 16.8 Å². The molecule has 0 saturated carbocycles. The van der Waals surface area contributed by atoms with Crippen LogP contribution < -0.4 is 16.0 Å². The zero-order chi connectivity index (χ0) is 24.4. The normalized spacial score (nSPS) is 21.6. The summed E-state index contributed by atoms with van der Waals surface area (Å²) in [4.78, 5) is 42.2. The van der Waals surface area contributed by atoms with Crippen LogP contribution in [0.25, 0.3) is 0 Å². The quantitative estimate of drug-likeness (QED) is 0.509. The first-order chi connectivity index (χ1) is 16.2. The van der Waals surface area contributed by atoms with Gasteiger partial charge in [0.15, 0.2) is 5.78 Å². The molecule has 2 heterocycles. The van der Waals surface area contributed by atoms with Gasteiger partial charge in [-0.1, -0.05) is 39.1 Å². The Morgan fingerprint density at radius 3 is 2.65 bits per heavy atom. The van der Waals surface area contributed by atoms with E-state index >= 15 is 0 Å². The van der Waals surface area contributed by atoms with Crippen molar-refractivity contribution in [1.29, 1.82) is 0 Å². The smallest absolute Gasteiger partial charge is 0.339 e. The van der Waals surface area contributed by atoms with Crippen LogP contribution >= 0.6 is 39.1 Å². The fourth-order valence-electron chi connectivity index (χ4n) is 5.12. The van der Waals surface area contributed by atoms with Crippen LogP contribution in [0.5, 0.6) is 0 Å². The number of ketones is 1. The molecule has 5 rings (SSSR count). The van der Waals surface area contributed by atoms with Gasteiger partial charge in [0.2, 0.25) is 5.91 Å². The van der Waals surface area contributed by atoms with Crippen LogP contribution in [0.2, 0.25) is 10.0 Å². The average molecular weight is 563 g/mol. The SMILES string of the molecule is COC(=O)C1=C(N)N(c2ccc(Br)cc2Cl)C2=C(C(=O)CCC2)C12C(=O)Nc1ccc(Cl)cc12. The summed E-state index contributed by atoms with van der Waals surface area (Å²) in [5.74, 6) is -1.68. The van der Waals surface area contributed by atoms with Gasteiger partial charge in [-0.05, 0) is 49.2 Å². The lowest BCUT2D eigenvalue weighted by Crippen LogP contribution is -2.53. The fraction of sp³-hybridized carbons (Fsp3) is 0.208. The second kappa shape index (κ2) is 8.15. The van der Waals surface area contributed by atoms with Crippen LogP contribution in [0.3, 0.4) is 0 Å². The molecule has 0 aromatic heterocycles. The molecule has 1 amide bonds. The number of amides is 1. The molecule has 2 aromatic carbocycles. The van der Waals surface area contributed by atoms with E-state index in [0.29, 0.717) is 45.5 Å². The summed E-state index contributed by atoms with van der Waals surface area (Å²) in [5, 5.41) is 3.51. The summed E-state index contributed by atoms with van der Waals surface area (Å²) < 4.78 is 5.85. The van der Waals surface area contributed by atoms with Crippen molar-refractivity contribution in [2.24, 2.45) is 5.73 Å². The molecule has 2 aromatic rings. The number of hydrogen-bond acceptors (Lipinski definition) is 6. The summed E-state index contributed by atoms with van der Waals surface area (Å²) in [7, 11) is 1.20. The third kappa shape index (κ3) is 3.05. The van der Waals surface area contributed by atoms with Crippen molar-refractivity contribution in [2.75, 3.05) is 17.3 Å². The number of benzene rings is 2. The highest BCUT2D eigenvalue weighted by Crippen LogP contribution is 2.56. The molecule has 1 unspecified atom stereocenters. The number of nitrogens with one attached hydrogen (secondary N) is 1. The number of Topliss-reactive ketones (excluding diaryl/α,β-unsaturated/α-hetero) is 1. The van der Waals surface area contributed by atoms with E-state index in [1.807, 2.05) is 0 Å². The molecule has 10 heteroatoms. The first-order valence-corrected chi connectivity index (χ1v) is 12.0. The van der Waals surface area contributed by atoms with E-state index in [2.05, 4.69) is 21.2 Å². The number of nitrogens with zero attached hydrogens (tertiary/aromatic N) is 1. The Morgan fingerprint density at radius 2 is 1.94 bits per heavy atom. The lowest BCUT2D eigenvalue weighted by molar-refractivity contribution is -0.138. The van der Waals surface area contributed by atoms with Gasteiger partial charge in [-0.25, -0.2) is 4.79 Å². The van der Waals surface area contributed by atoms with Crippen molar-refractivity contribution < 1.29 is 19.1 Å². The molecule has 174 valence electrons. The van der Waals surface area contributed by atoms with Crippen LogP contribution in [0.15, 0.2) is 63.5 Å². The number of ether oxygens (including phenoxy) is 1. The summed E-state index contributed by atoms with van der Waals surface area (Å²) in [5.41, 5.74) is 6.76. The number of halogens is 3. The Morgan fingerprint density at radius 1 is 1.18 bits per heavy atom. The molecule has 1 aliphatic carbocycles. The van der Waals surface area contributed by atoms with E-state index in [4.69, 9.17) is 33.7 Å². The standard InChI is InChI=1S/C24H18BrCl2N3O4/c1-34-22(32)20-21(28)30(16-8-5-11(25)9-14(16)27)17-3-2-4-18(31)19(17)24(20)13-10-12(26)6-7-15(13)29-23(24)33/h5-10H,2-4,28H2,1H3,(H,29,33). The van der Waals surface area contributed by atoms with Crippen molar-refractivity contribution in [1.82, 2.24) is 0 Å². The molecule has 0 radical (unpaired) electrons. The van der Waals surface area contributed by atoms with Crippen LogP contribution in [-0.2, 0) is 24.5 Å². The molecular weight excluding hydrogens is 545 g/mol. The molecule has 2 aliphatic heterocycles. The van der Waals surface area contributed by atoms with Gasteiger partial charge in [-0.3, -0.25) is 14.5 Å². The molecule has 1 atom stereocenters. The number of rotatable bonds is 2. The number of carbonyl (C=O) groups excluding carboxylic acids is 3. The molecule has 3 aliphatic rings. The first kappa shape index (κ1) is 23.0. The number of allylic oxidation sites excluding steroid dienone is 1. The van der Waals surface area contributed by atoms with Gasteiger partial charge >= 0.3 is 5.97 Å². The Hall–Kier alpha value is -2.81. The number of anilines is 2. The molecule has 0 fully saturated rings. The van der Waals surface area contributed by atoms with Crippen LogP contribution in [0.4, 0.5) is 11.4 Å². The van der Waals surface area contributed by atoms with E-state index in [-0.39, 0.29) is 29.2 Å². The van der Waals surface area contributed by atoms with Gasteiger partial charge in [-0.2, -0.15) is 0 Å². The summed E-state index contributed by atoms with van der Waals surface area (Å²) in [6.07, 6.45) is 1.23. The van der Waals surface area contributed by atoms with E-state index in [1.165, 1.54) is 7.11 Å². The van der Waals surface area contributed by atoms with E-state index < -0.39 is 17.3 Å². The fourth-order valence-corrected chi connectivity index (χ4v) is 6.05. The number of nitrogens with two attached hydrogens (primary N) is 1. The van der Waals surface area contributed by atoms with Crippen LogP contribution in [0.1, 0.15) is 24.8 Å². The third-order valence-electron chi connectivity index (χ3n) is 6.42. The third-order valence-corrected chi connectivity index (χ3v) is 7.45.